The summed E-state index contributed by atoms with van der Waals surface area (Å²) in [7, 11) is 1.32. The molecule has 23 heavy (non-hydrogen) atoms. The first kappa shape index (κ1) is 17.2. The lowest BCUT2D eigenvalue weighted by molar-refractivity contribution is -0.145. The Morgan fingerprint density at radius 1 is 1.09 bits per heavy atom. The molecule has 1 N–H and O–H groups in total. The smallest absolute Gasteiger partial charge is 0.328 e. The highest BCUT2D eigenvalue weighted by Crippen LogP contribution is 2.18. The Labute approximate surface area is 144 Å². The minimum Gasteiger partial charge on any atom is -0.467 e. The van der Waals surface area contributed by atoms with Crippen LogP contribution in [0.2, 0.25) is 0 Å². The molecule has 0 spiro atoms. The largest absolute Gasteiger partial charge is 0.467 e. The Kier molecular flexibility index (Phi) is 6.35. The average Bonchev–Trinajstić information content (AvgIpc) is 2.56. The highest BCUT2D eigenvalue weighted by molar-refractivity contribution is 9.10. The van der Waals surface area contributed by atoms with E-state index in [0.29, 0.717) is 6.42 Å². The van der Waals surface area contributed by atoms with E-state index in [1.54, 1.807) is 0 Å². The number of carbonyl (C=O) groups excluding carboxylic acids is 2. The van der Waals surface area contributed by atoms with Crippen LogP contribution in [0.3, 0.4) is 0 Å². The topological polar surface area (TPSA) is 55.4 Å². The van der Waals surface area contributed by atoms with Crippen LogP contribution >= 0.6 is 15.9 Å². The first-order valence-corrected chi connectivity index (χ1v) is 8.04. The van der Waals surface area contributed by atoms with Crippen molar-refractivity contribution in [2.24, 2.45) is 0 Å². The molecule has 0 saturated carbocycles. The van der Waals surface area contributed by atoms with Gasteiger partial charge >= 0.3 is 5.97 Å². The molecule has 1 amide bonds. The Morgan fingerprint density at radius 2 is 1.74 bits per heavy atom. The van der Waals surface area contributed by atoms with Gasteiger partial charge in [0.1, 0.15) is 6.04 Å². The summed E-state index contributed by atoms with van der Waals surface area (Å²) in [6.45, 7) is 0. The van der Waals surface area contributed by atoms with Gasteiger partial charge in [-0.2, -0.15) is 0 Å². The third-order valence-electron chi connectivity index (χ3n) is 3.41. The summed E-state index contributed by atoms with van der Waals surface area (Å²) in [6, 6.07) is 16.3. The molecule has 2 aromatic rings. The molecule has 120 valence electrons. The van der Waals surface area contributed by atoms with E-state index in [2.05, 4.69) is 21.2 Å². The average molecular weight is 376 g/mol. The van der Waals surface area contributed by atoms with Gasteiger partial charge in [-0.3, -0.25) is 4.79 Å². The Balaban J connectivity index is 2.05. The molecule has 0 radical (unpaired) electrons. The van der Waals surface area contributed by atoms with E-state index in [0.717, 1.165) is 15.6 Å². The maximum atomic E-state index is 12.2. The van der Waals surface area contributed by atoms with E-state index in [4.69, 9.17) is 4.74 Å². The molecule has 0 aromatic heterocycles. The lowest BCUT2D eigenvalue weighted by atomic mass is 10.1. The minimum absolute atomic E-state index is 0.210. The van der Waals surface area contributed by atoms with Crippen LogP contribution in [0.1, 0.15) is 11.1 Å². The number of ether oxygens (including phenoxy) is 1. The zero-order chi connectivity index (χ0) is 16.7. The molecule has 0 heterocycles. The normalized spacial score (nSPS) is 11.6. The van der Waals surface area contributed by atoms with Gasteiger partial charge in [-0.15, -0.1) is 0 Å². The van der Waals surface area contributed by atoms with E-state index >= 15 is 0 Å². The predicted octanol–water partition coefficient (Wildman–Crippen LogP) is 2.89. The molecule has 0 aliphatic carbocycles. The first-order chi connectivity index (χ1) is 11.1. The maximum absolute atomic E-state index is 12.2. The van der Waals surface area contributed by atoms with Crippen molar-refractivity contribution < 1.29 is 14.3 Å². The van der Waals surface area contributed by atoms with Crippen LogP contribution in [0.5, 0.6) is 0 Å². The molecule has 0 fully saturated rings. The molecule has 0 aliphatic rings. The van der Waals surface area contributed by atoms with Crippen LogP contribution in [-0.4, -0.2) is 25.0 Å². The number of benzene rings is 2. The second-order valence-electron chi connectivity index (χ2n) is 5.10. The summed E-state index contributed by atoms with van der Waals surface area (Å²) in [5, 5.41) is 2.76. The number of methoxy groups -OCH3 is 1. The molecule has 0 saturated heterocycles. The molecule has 0 aliphatic heterocycles. The van der Waals surface area contributed by atoms with Crippen molar-refractivity contribution in [2.45, 2.75) is 18.9 Å². The van der Waals surface area contributed by atoms with Gasteiger partial charge in [0.25, 0.3) is 0 Å². The summed E-state index contributed by atoms with van der Waals surface area (Å²) >= 11 is 3.45. The molecule has 0 unspecified atom stereocenters. The van der Waals surface area contributed by atoms with E-state index in [1.807, 2.05) is 54.6 Å². The van der Waals surface area contributed by atoms with Crippen molar-refractivity contribution in [1.82, 2.24) is 5.32 Å². The Morgan fingerprint density at radius 3 is 2.39 bits per heavy atom. The first-order valence-electron chi connectivity index (χ1n) is 7.24. The van der Waals surface area contributed by atoms with Crippen molar-refractivity contribution in [3.63, 3.8) is 0 Å². The van der Waals surface area contributed by atoms with E-state index in [9.17, 15) is 9.59 Å². The lowest BCUT2D eigenvalue weighted by Gasteiger charge is -2.17. The number of halogens is 1. The van der Waals surface area contributed by atoms with Crippen LogP contribution in [0.25, 0.3) is 0 Å². The third kappa shape index (κ3) is 5.21. The number of nitrogens with one attached hydrogen (secondary N) is 1. The maximum Gasteiger partial charge on any atom is 0.328 e. The van der Waals surface area contributed by atoms with Crippen LogP contribution in [-0.2, 0) is 27.2 Å². The Bertz CT molecular complexity index is 673. The minimum atomic E-state index is -0.713. The number of hydrogen-bond acceptors (Lipinski definition) is 3. The summed E-state index contributed by atoms with van der Waals surface area (Å²) in [6.07, 6.45) is 0.596. The number of carbonyl (C=O) groups is 2. The summed E-state index contributed by atoms with van der Waals surface area (Å²) in [5.41, 5.74) is 1.83. The Hall–Kier alpha value is -2.14. The molecule has 1 atom stereocenters. The van der Waals surface area contributed by atoms with Gasteiger partial charge in [-0.1, -0.05) is 64.5 Å². The quantitative estimate of drug-likeness (QED) is 0.789. The number of amides is 1. The fourth-order valence-electron chi connectivity index (χ4n) is 2.25. The zero-order valence-electron chi connectivity index (χ0n) is 12.8. The van der Waals surface area contributed by atoms with Crippen molar-refractivity contribution in [1.29, 1.82) is 0 Å². The van der Waals surface area contributed by atoms with Gasteiger partial charge in [0.15, 0.2) is 0 Å². The van der Waals surface area contributed by atoms with Crippen LogP contribution in [0.15, 0.2) is 59.1 Å². The van der Waals surface area contributed by atoms with Gasteiger partial charge in [0.2, 0.25) is 5.91 Å². The second kappa shape index (κ2) is 8.48. The lowest BCUT2D eigenvalue weighted by Crippen LogP contribution is -2.43. The van der Waals surface area contributed by atoms with Gasteiger partial charge < -0.3 is 10.1 Å². The van der Waals surface area contributed by atoms with E-state index in [1.165, 1.54) is 7.11 Å². The predicted molar refractivity (Wildman–Crippen MR) is 91.9 cm³/mol. The van der Waals surface area contributed by atoms with E-state index < -0.39 is 12.0 Å². The number of rotatable bonds is 6. The molecule has 0 bridgehead atoms. The SMILES string of the molecule is COC(=O)[C@@H](Cc1ccccc1Br)NC(=O)Cc1ccccc1. The molecule has 4 nitrogen and oxygen atoms in total. The fraction of sp³-hybridized carbons (Fsp3) is 0.222. The molecule has 5 heteroatoms. The zero-order valence-corrected chi connectivity index (χ0v) is 14.4. The van der Waals surface area contributed by atoms with Crippen molar-refractivity contribution in [3.8, 4) is 0 Å². The highest BCUT2D eigenvalue weighted by atomic mass is 79.9. The molecular weight excluding hydrogens is 358 g/mol. The standard InChI is InChI=1S/C18H18BrNO3/c1-23-18(22)16(12-14-9-5-6-10-15(14)19)20-17(21)11-13-7-3-2-4-8-13/h2-10,16H,11-12H2,1H3,(H,20,21)/t16-/m1/s1. The van der Waals surface area contributed by atoms with Crippen LogP contribution < -0.4 is 5.32 Å². The molecular formula is C18H18BrNO3. The summed E-state index contributed by atoms with van der Waals surface area (Å²) in [4.78, 5) is 24.2. The number of hydrogen-bond donors (Lipinski definition) is 1. The van der Waals surface area contributed by atoms with Crippen LogP contribution in [0.4, 0.5) is 0 Å². The monoisotopic (exact) mass is 375 g/mol. The number of esters is 1. The van der Waals surface area contributed by atoms with Gasteiger partial charge in [0, 0.05) is 10.9 Å². The van der Waals surface area contributed by atoms with Crippen LogP contribution in [0, 0.1) is 0 Å². The second-order valence-corrected chi connectivity index (χ2v) is 5.96. The van der Waals surface area contributed by atoms with E-state index in [-0.39, 0.29) is 12.3 Å². The molecule has 2 aromatic carbocycles. The van der Waals surface area contributed by atoms with Gasteiger partial charge in [-0.05, 0) is 17.2 Å². The fourth-order valence-corrected chi connectivity index (χ4v) is 2.69. The summed E-state index contributed by atoms with van der Waals surface area (Å²) < 4.78 is 5.70. The molecule has 2 rings (SSSR count). The van der Waals surface area contributed by atoms with Crippen molar-refractivity contribution in [2.75, 3.05) is 7.11 Å². The van der Waals surface area contributed by atoms with Crippen molar-refractivity contribution >= 4 is 27.8 Å². The van der Waals surface area contributed by atoms with Crippen molar-refractivity contribution in [3.05, 3.63) is 70.2 Å². The van der Waals surface area contributed by atoms with Gasteiger partial charge in [-0.25, -0.2) is 4.79 Å². The third-order valence-corrected chi connectivity index (χ3v) is 4.18. The summed E-state index contributed by atoms with van der Waals surface area (Å²) in [5.74, 6) is -0.666. The highest BCUT2D eigenvalue weighted by Gasteiger charge is 2.22. The van der Waals surface area contributed by atoms with Gasteiger partial charge in [0.05, 0.1) is 13.5 Å².